The average molecular weight is 218 g/mol. The summed E-state index contributed by atoms with van der Waals surface area (Å²) in [7, 11) is 1.96. The molecule has 0 amide bonds. The molecule has 0 spiro atoms. The van der Waals surface area contributed by atoms with E-state index in [1.54, 1.807) is 0 Å². The van der Waals surface area contributed by atoms with E-state index in [-0.39, 0.29) is 12.0 Å². The molecule has 1 aromatic carbocycles. The normalized spacial score (nSPS) is 12.2. The molecular formula is C13H18N2O. The Bertz CT molecular complexity index is 500. The summed E-state index contributed by atoms with van der Waals surface area (Å²) in [6, 6.07) is 8.13. The van der Waals surface area contributed by atoms with Crippen LogP contribution in [0.3, 0.4) is 0 Å². The van der Waals surface area contributed by atoms with E-state index in [2.05, 4.69) is 25.0 Å². The maximum Gasteiger partial charge on any atom is 0.0926 e. The van der Waals surface area contributed by atoms with E-state index >= 15 is 0 Å². The summed E-state index contributed by atoms with van der Waals surface area (Å²) in [6.07, 6.45) is 0.834. The largest absolute Gasteiger partial charge is 0.396 e. The Kier molecular flexibility index (Phi) is 2.72. The van der Waals surface area contributed by atoms with Crippen LogP contribution in [-0.2, 0) is 13.5 Å². The number of benzene rings is 1. The summed E-state index contributed by atoms with van der Waals surface area (Å²) < 4.78 is 1.92. The zero-order valence-electron chi connectivity index (χ0n) is 10.1. The molecule has 0 saturated heterocycles. The van der Waals surface area contributed by atoms with Gasteiger partial charge in [0.1, 0.15) is 0 Å². The lowest BCUT2D eigenvalue weighted by molar-refractivity contribution is 0.158. The van der Waals surface area contributed by atoms with Crippen LogP contribution < -0.4 is 0 Å². The van der Waals surface area contributed by atoms with E-state index in [4.69, 9.17) is 0 Å². The van der Waals surface area contributed by atoms with Gasteiger partial charge in [0.05, 0.1) is 5.52 Å². The second-order valence-corrected chi connectivity index (χ2v) is 5.09. The van der Waals surface area contributed by atoms with E-state index in [0.29, 0.717) is 0 Å². The van der Waals surface area contributed by atoms with Crippen molar-refractivity contribution in [1.29, 1.82) is 0 Å². The number of aliphatic hydroxyl groups excluding tert-OH is 1. The molecule has 0 saturated carbocycles. The Morgan fingerprint density at radius 2 is 2.00 bits per heavy atom. The van der Waals surface area contributed by atoms with E-state index < -0.39 is 0 Å². The highest BCUT2D eigenvalue weighted by Gasteiger charge is 2.21. The summed E-state index contributed by atoms with van der Waals surface area (Å²) in [5, 5.41) is 15.0. The number of nitrogens with zero attached hydrogens (tertiary/aromatic N) is 2. The first-order valence-electron chi connectivity index (χ1n) is 5.55. The number of hydrogen-bond donors (Lipinski definition) is 1. The zero-order valence-corrected chi connectivity index (χ0v) is 10.1. The second kappa shape index (κ2) is 3.91. The molecule has 1 heterocycles. The van der Waals surface area contributed by atoms with Crippen molar-refractivity contribution >= 4 is 10.9 Å². The zero-order chi connectivity index (χ0) is 11.8. The molecular weight excluding hydrogens is 200 g/mol. The molecule has 3 heteroatoms. The highest BCUT2D eigenvalue weighted by atomic mass is 16.3. The maximum atomic E-state index is 9.33. The molecule has 0 aliphatic heterocycles. The van der Waals surface area contributed by atoms with E-state index in [9.17, 15) is 5.11 Å². The number of aryl methyl sites for hydroxylation is 1. The average Bonchev–Trinajstić information content (AvgIpc) is 2.56. The fourth-order valence-electron chi connectivity index (χ4n) is 1.92. The molecule has 2 aromatic rings. The molecule has 0 atom stereocenters. The first-order chi connectivity index (χ1) is 7.53. The Labute approximate surface area is 95.7 Å². The van der Waals surface area contributed by atoms with Crippen molar-refractivity contribution < 1.29 is 5.11 Å². The van der Waals surface area contributed by atoms with Gasteiger partial charge in [-0.2, -0.15) is 5.10 Å². The Morgan fingerprint density at radius 1 is 1.31 bits per heavy atom. The summed E-state index contributed by atoms with van der Waals surface area (Å²) in [5.74, 6) is 0. The van der Waals surface area contributed by atoms with Gasteiger partial charge in [0.25, 0.3) is 0 Å². The van der Waals surface area contributed by atoms with Gasteiger partial charge in [0.15, 0.2) is 0 Å². The van der Waals surface area contributed by atoms with Crippen LogP contribution in [0.1, 0.15) is 19.5 Å². The molecule has 0 radical (unpaired) electrons. The fourth-order valence-corrected chi connectivity index (χ4v) is 1.92. The van der Waals surface area contributed by atoms with Crippen molar-refractivity contribution in [2.75, 3.05) is 6.61 Å². The van der Waals surface area contributed by atoms with Crippen LogP contribution in [0.5, 0.6) is 0 Å². The lowest BCUT2D eigenvalue weighted by Crippen LogP contribution is -2.21. The van der Waals surface area contributed by atoms with Gasteiger partial charge in [-0.05, 0) is 17.9 Å². The monoisotopic (exact) mass is 218 g/mol. The summed E-state index contributed by atoms with van der Waals surface area (Å²) in [6.45, 7) is 4.32. The Morgan fingerprint density at radius 3 is 2.69 bits per heavy atom. The van der Waals surface area contributed by atoms with Crippen LogP contribution in [0.4, 0.5) is 0 Å². The quantitative estimate of drug-likeness (QED) is 0.857. The molecule has 0 unspecified atom stereocenters. The van der Waals surface area contributed by atoms with Gasteiger partial charge in [0, 0.05) is 24.7 Å². The molecule has 0 bridgehead atoms. The van der Waals surface area contributed by atoms with Gasteiger partial charge in [-0.15, -0.1) is 0 Å². The van der Waals surface area contributed by atoms with Crippen LogP contribution in [0, 0.1) is 5.41 Å². The molecule has 1 N–H and O–H groups in total. The second-order valence-electron chi connectivity index (χ2n) is 5.09. The Balaban J connectivity index is 2.47. The molecule has 0 aliphatic rings. The lowest BCUT2D eigenvalue weighted by atomic mass is 9.88. The molecule has 0 aliphatic carbocycles. The first-order valence-corrected chi connectivity index (χ1v) is 5.55. The minimum atomic E-state index is -0.101. The van der Waals surface area contributed by atoms with Crippen molar-refractivity contribution in [2.45, 2.75) is 20.3 Å². The van der Waals surface area contributed by atoms with E-state index in [0.717, 1.165) is 11.9 Å². The topological polar surface area (TPSA) is 38.0 Å². The number of aliphatic hydroxyl groups is 1. The molecule has 16 heavy (non-hydrogen) atoms. The number of aromatic nitrogens is 2. The minimum absolute atomic E-state index is 0.101. The van der Waals surface area contributed by atoms with Gasteiger partial charge < -0.3 is 5.11 Å². The van der Waals surface area contributed by atoms with E-state index in [1.165, 1.54) is 11.1 Å². The number of hydrogen-bond acceptors (Lipinski definition) is 2. The van der Waals surface area contributed by atoms with Crippen molar-refractivity contribution in [3.05, 3.63) is 30.0 Å². The van der Waals surface area contributed by atoms with Gasteiger partial charge >= 0.3 is 0 Å². The van der Waals surface area contributed by atoms with Crippen LogP contribution in [0.15, 0.2) is 24.3 Å². The minimum Gasteiger partial charge on any atom is -0.396 e. The highest BCUT2D eigenvalue weighted by Crippen LogP contribution is 2.26. The van der Waals surface area contributed by atoms with Crippen LogP contribution >= 0.6 is 0 Å². The molecule has 2 rings (SSSR count). The standard InChI is InChI=1S/C13H18N2O/c1-13(2,9-16)8-12-10-6-4-5-7-11(10)14-15(12)3/h4-7,16H,8-9H2,1-3H3. The maximum absolute atomic E-state index is 9.33. The third-order valence-electron chi connectivity index (χ3n) is 2.94. The summed E-state index contributed by atoms with van der Waals surface area (Å²) in [4.78, 5) is 0. The first kappa shape index (κ1) is 11.1. The fraction of sp³-hybridized carbons (Fsp3) is 0.462. The van der Waals surface area contributed by atoms with Gasteiger partial charge in [-0.25, -0.2) is 0 Å². The molecule has 3 nitrogen and oxygen atoms in total. The summed E-state index contributed by atoms with van der Waals surface area (Å²) in [5.41, 5.74) is 2.11. The van der Waals surface area contributed by atoms with Crippen LogP contribution in [-0.4, -0.2) is 21.5 Å². The van der Waals surface area contributed by atoms with E-state index in [1.807, 2.05) is 29.9 Å². The Hall–Kier alpha value is -1.35. The predicted octanol–water partition coefficient (Wildman–Crippen LogP) is 2.13. The third kappa shape index (κ3) is 1.95. The molecule has 0 fully saturated rings. The van der Waals surface area contributed by atoms with Crippen LogP contribution in [0.25, 0.3) is 10.9 Å². The molecule has 1 aromatic heterocycles. The third-order valence-corrected chi connectivity index (χ3v) is 2.94. The summed E-state index contributed by atoms with van der Waals surface area (Å²) >= 11 is 0. The van der Waals surface area contributed by atoms with Gasteiger partial charge in [0.2, 0.25) is 0 Å². The predicted molar refractivity (Wildman–Crippen MR) is 65.3 cm³/mol. The number of rotatable bonds is 3. The van der Waals surface area contributed by atoms with Crippen molar-refractivity contribution in [3.8, 4) is 0 Å². The van der Waals surface area contributed by atoms with Crippen LogP contribution in [0.2, 0.25) is 0 Å². The number of fused-ring (bicyclic) bond motifs is 1. The van der Waals surface area contributed by atoms with Crippen molar-refractivity contribution in [3.63, 3.8) is 0 Å². The van der Waals surface area contributed by atoms with Crippen molar-refractivity contribution in [2.24, 2.45) is 12.5 Å². The van der Waals surface area contributed by atoms with Crippen molar-refractivity contribution in [1.82, 2.24) is 9.78 Å². The van der Waals surface area contributed by atoms with Gasteiger partial charge in [-0.1, -0.05) is 32.0 Å². The van der Waals surface area contributed by atoms with Gasteiger partial charge in [-0.3, -0.25) is 4.68 Å². The SMILES string of the molecule is Cn1nc2ccccc2c1CC(C)(C)CO. The molecule has 86 valence electrons. The smallest absolute Gasteiger partial charge is 0.0926 e. The highest BCUT2D eigenvalue weighted by molar-refractivity contribution is 5.81. The lowest BCUT2D eigenvalue weighted by Gasteiger charge is -2.21.